The van der Waals surface area contributed by atoms with Crippen LogP contribution in [-0.2, 0) is 0 Å². The third-order valence-corrected chi connectivity index (χ3v) is 4.86. The van der Waals surface area contributed by atoms with Crippen molar-refractivity contribution < 1.29 is 0 Å². The molecule has 0 aliphatic rings. The molecule has 27 heavy (non-hydrogen) atoms. The highest BCUT2D eigenvalue weighted by Gasteiger charge is 2.15. The summed E-state index contributed by atoms with van der Waals surface area (Å²) in [6, 6.07) is 23.7. The van der Waals surface area contributed by atoms with E-state index in [0.717, 1.165) is 27.4 Å². The maximum Gasteiger partial charge on any atom is 0.239 e. The van der Waals surface area contributed by atoms with E-state index in [9.17, 15) is 0 Å². The number of fused-ring (bicyclic) bond motifs is 3. The highest BCUT2D eigenvalue weighted by molar-refractivity contribution is 6.30. The van der Waals surface area contributed by atoms with E-state index in [0.29, 0.717) is 16.8 Å². The molecule has 0 saturated heterocycles. The molecule has 0 radical (unpaired) electrons. The smallest absolute Gasteiger partial charge is 0.239 e. The van der Waals surface area contributed by atoms with Gasteiger partial charge in [0, 0.05) is 21.4 Å². The average Bonchev–Trinajstić information content (AvgIpc) is 3.02. The number of para-hydroxylation sites is 2. The van der Waals surface area contributed by atoms with Crippen LogP contribution in [0.4, 0.5) is 0 Å². The first-order valence-electron chi connectivity index (χ1n) is 8.37. The fourth-order valence-corrected chi connectivity index (χ4v) is 3.68. The van der Waals surface area contributed by atoms with Crippen molar-refractivity contribution >= 4 is 45.0 Å². The summed E-state index contributed by atoms with van der Waals surface area (Å²) in [7, 11) is 0. The number of aromatic nitrogens is 4. The van der Waals surface area contributed by atoms with Gasteiger partial charge in [-0.3, -0.25) is 4.57 Å². The van der Waals surface area contributed by atoms with Crippen LogP contribution >= 0.6 is 23.2 Å². The van der Waals surface area contributed by atoms with E-state index >= 15 is 0 Å². The quantitative estimate of drug-likeness (QED) is 0.374. The van der Waals surface area contributed by atoms with E-state index in [4.69, 9.17) is 23.2 Å². The van der Waals surface area contributed by atoms with Gasteiger partial charge in [-0.25, -0.2) is 0 Å². The molecule has 0 atom stereocenters. The predicted octanol–water partition coefficient (Wildman–Crippen LogP) is 5.94. The molecule has 0 bridgehead atoms. The van der Waals surface area contributed by atoms with E-state index in [2.05, 4.69) is 27.1 Å². The Morgan fingerprint density at radius 2 is 1.33 bits per heavy atom. The Bertz CT molecular complexity index is 1260. The Hall–Kier alpha value is -2.95. The molecule has 0 fully saturated rings. The summed E-state index contributed by atoms with van der Waals surface area (Å²) >= 11 is 12.4. The van der Waals surface area contributed by atoms with Crippen molar-refractivity contribution in [1.29, 1.82) is 0 Å². The maximum atomic E-state index is 6.25. The average molecular weight is 391 g/mol. The lowest BCUT2D eigenvalue weighted by Gasteiger charge is -2.08. The van der Waals surface area contributed by atoms with Crippen LogP contribution in [0.3, 0.4) is 0 Å². The van der Waals surface area contributed by atoms with Crippen molar-refractivity contribution in [2.45, 2.75) is 0 Å². The van der Waals surface area contributed by atoms with Crippen LogP contribution in [0.5, 0.6) is 0 Å². The fourth-order valence-electron chi connectivity index (χ4n) is 3.33. The van der Waals surface area contributed by atoms with E-state index in [1.807, 2.05) is 65.2 Å². The minimum absolute atomic E-state index is 0.136. The van der Waals surface area contributed by atoms with Crippen molar-refractivity contribution in [1.82, 2.24) is 19.5 Å². The lowest BCUT2D eigenvalue weighted by molar-refractivity contribution is 0.947. The molecule has 6 heteroatoms. The highest BCUT2D eigenvalue weighted by Crippen LogP contribution is 2.31. The second kappa shape index (κ2) is 6.34. The minimum atomic E-state index is 0.136. The molecule has 0 spiro atoms. The molecule has 0 aliphatic heterocycles. The Balaban J connectivity index is 1.83. The first-order chi connectivity index (χ1) is 13.2. The van der Waals surface area contributed by atoms with Gasteiger partial charge < -0.3 is 0 Å². The van der Waals surface area contributed by atoms with Gasteiger partial charge in [0.25, 0.3) is 0 Å². The van der Waals surface area contributed by atoms with Gasteiger partial charge in [-0.05, 0) is 35.9 Å². The van der Waals surface area contributed by atoms with Crippen LogP contribution in [0.2, 0.25) is 10.3 Å². The molecule has 0 saturated carbocycles. The predicted molar refractivity (Wildman–Crippen MR) is 110 cm³/mol. The zero-order chi connectivity index (χ0) is 18.4. The van der Waals surface area contributed by atoms with E-state index in [1.165, 1.54) is 0 Å². The summed E-state index contributed by atoms with van der Waals surface area (Å²) < 4.78 is 2.01. The molecule has 5 aromatic rings. The Labute approximate surface area is 165 Å². The minimum Gasteiger partial charge on any atom is -0.278 e. The molecule has 5 rings (SSSR count). The maximum absolute atomic E-state index is 6.25. The number of hydrogen-bond acceptors (Lipinski definition) is 3. The van der Waals surface area contributed by atoms with E-state index < -0.39 is 0 Å². The summed E-state index contributed by atoms with van der Waals surface area (Å²) in [6.07, 6.45) is 0. The van der Waals surface area contributed by atoms with Crippen LogP contribution in [0.1, 0.15) is 0 Å². The van der Waals surface area contributed by atoms with Crippen molar-refractivity contribution in [3.05, 3.63) is 83.1 Å². The molecular formula is C21H12Cl2N4. The zero-order valence-electron chi connectivity index (χ0n) is 14.0. The third kappa shape index (κ3) is 2.74. The van der Waals surface area contributed by atoms with Crippen LogP contribution in [0.25, 0.3) is 39.1 Å². The summed E-state index contributed by atoms with van der Waals surface area (Å²) in [5.41, 5.74) is 2.81. The monoisotopic (exact) mass is 390 g/mol. The molecule has 2 heterocycles. The zero-order valence-corrected chi connectivity index (χ0v) is 15.5. The number of nitrogens with zero attached hydrogens (tertiary/aromatic N) is 4. The number of rotatable bonds is 2. The van der Waals surface area contributed by atoms with Gasteiger partial charge in [0.2, 0.25) is 11.2 Å². The Morgan fingerprint density at radius 1 is 0.667 bits per heavy atom. The van der Waals surface area contributed by atoms with Crippen LogP contribution in [-0.4, -0.2) is 19.5 Å². The molecule has 2 aromatic heterocycles. The topological polar surface area (TPSA) is 43.6 Å². The van der Waals surface area contributed by atoms with Gasteiger partial charge in [0.15, 0.2) is 5.82 Å². The second-order valence-corrected chi connectivity index (χ2v) is 6.88. The van der Waals surface area contributed by atoms with Crippen molar-refractivity contribution in [2.75, 3.05) is 0 Å². The first-order valence-corrected chi connectivity index (χ1v) is 9.12. The second-order valence-electron chi connectivity index (χ2n) is 6.11. The van der Waals surface area contributed by atoms with Gasteiger partial charge in [0.1, 0.15) is 0 Å². The Morgan fingerprint density at radius 3 is 2.00 bits per heavy atom. The van der Waals surface area contributed by atoms with Gasteiger partial charge in [-0.2, -0.15) is 15.0 Å². The Kier molecular flexibility index (Phi) is 3.81. The normalized spacial score (nSPS) is 11.3. The molecule has 3 aromatic carbocycles. The molecule has 0 aliphatic carbocycles. The summed E-state index contributed by atoms with van der Waals surface area (Å²) in [5, 5.41) is 3.02. The molecule has 0 unspecified atom stereocenters. The van der Waals surface area contributed by atoms with Crippen LogP contribution in [0.15, 0.2) is 72.8 Å². The van der Waals surface area contributed by atoms with Crippen molar-refractivity contribution in [3.8, 4) is 17.3 Å². The van der Waals surface area contributed by atoms with E-state index in [-0.39, 0.29) is 5.28 Å². The van der Waals surface area contributed by atoms with Crippen molar-refractivity contribution in [2.24, 2.45) is 0 Å². The molecule has 0 amide bonds. The molecular weight excluding hydrogens is 379 g/mol. The molecule has 130 valence electrons. The lowest BCUT2D eigenvalue weighted by atomic mass is 10.2. The largest absolute Gasteiger partial charge is 0.278 e. The lowest BCUT2D eigenvalue weighted by Crippen LogP contribution is -2.04. The molecule has 4 nitrogen and oxygen atoms in total. The summed E-state index contributed by atoms with van der Waals surface area (Å²) in [4.78, 5) is 13.4. The number of hydrogen-bond donors (Lipinski definition) is 0. The summed E-state index contributed by atoms with van der Waals surface area (Å²) in [6.45, 7) is 0. The van der Waals surface area contributed by atoms with Gasteiger partial charge in [-0.15, -0.1) is 0 Å². The number of benzene rings is 3. The number of halogens is 2. The standard InChI is InChI=1S/C21H12Cl2N4/c22-14-7-5-6-13(12-14)19-24-20(23)26-21(25-19)27-17-10-3-1-8-15(17)16-9-2-4-11-18(16)27/h1-12H. The first kappa shape index (κ1) is 16.2. The van der Waals surface area contributed by atoms with Gasteiger partial charge >= 0.3 is 0 Å². The molecule has 0 N–H and O–H groups in total. The fraction of sp³-hybridized carbons (Fsp3) is 0. The van der Waals surface area contributed by atoms with Gasteiger partial charge in [-0.1, -0.05) is 60.1 Å². The van der Waals surface area contributed by atoms with Crippen LogP contribution < -0.4 is 0 Å². The van der Waals surface area contributed by atoms with E-state index in [1.54, 1.807) is 0 Å². The van der Waals surface area contributed by atoms with Crippen LogP contribution in [0, 0.1) is 0 Å². The SMILES string of the molecule is Clc1cccc(-c2nc(Cl)nc(-n3c4ccccc4c4ccccc43)n2)c1. The van der Waals surface area contributed by atoms with Gasteiger partial charge in [0.05, 0.1) is 11.0 Å². The highest BCUT2D eigenvalue weighted by atomic mass is 35.5. The van der Waals surface area contributed by atoms with Crippen molar-refractivity contribution in [3.63, 3.8) is 0 Å². The third-order valence-electron chi connectivity index (χ3n) is 4.46. The summed E-state index contributed by atoms with van der Waals surface area (Å²) in [5.74, 6) is 0.955.